The third kappa shape index (κ3) is 2.73. The van der Waals surface area contributed by atoms with E-state index in [2.05, 4.69) is 20.6 Å². The molecule has 88 valence electrons. The molecule has 0 bridgehead atoms. The van der Waals surface area contributed by atoms with E-state index in [0.717, 1.165) is 25.9 Å². The van der Waals surface area contributed by atoms with Crippen LogP contribution in [0.25, 0.3) is 0 Å². The lowest BCUT2D eigenvalue weighted by atomic mass is 10.00. The number of aromatic amines is 2. The van der Waals surface area contributed by atoms with E-state index in [4.69, 9.17) is 0 Å². The third-order valence-electron chi connectivity index (χ3n) is 2.79. The highest BCUT2D eigenvalue weighted by Crippen LogP contribution is 2.08. The smallest absolute Gasteiger partial charge is 0.323 e. The molecule has 1 amide bonds. The second kappa shape index (κ2) is 4.98. The fourth-order valence-electron chi connectivity index (χ4n) is 1.88. The summed E-state index contributed by atoms with van der Waals surface area (Å²) in [7, 11) is 0. The quantitative estimate of drug-likeness (QED) is 0.554. The third-order valence-corrected chi connectivity index (χ3v) is 2.79. The normalized spacial score (nSPS) is 20.6. The Balaban J connectivity index is 1.81. The van der Waals surface area contributed by atoms with E-state index in [1.54, 1.807) is 0 Å². The number of imidazole rings is 1. The molecule has 0 aromatic carbocycles. The minimum Gasteiger partial charge on any atom is -0.350 e. The molecule has 1 aromatic heterocycles. The lowest BCUT2D eigenvalue weighted by Crippen LogP contribution is -2.38. The van der Waals surface area contributed by atoms with Crippen molar-refractivity contribution in [3.63, 3.8) is 0 Å². The Bertz CT molecular complexity index is 403. The average molecular weight is 224 g/mol. The lowest BCUT2D eigenvalue weighted by Gasteiger charge is -2.22. The van der Waals surface area contributed by atoms with Crippen molar-refractivity contribution in [1.29, 1.82) is 0 Å². The van der Waals surface area contributed by atoms with Gasteiger partial charge in [-0.1, -0.05) is 0 Å². The first-order valence-electron chi connectivity index (χ1n) is 5.52. The Hall–Kier alpha value is -1.56. The topological polar surface area (TPSA) is 89.8 Å². The SMILES string of the molecule is O=C(NCC1CCCNC1)c1c[nH]c(=O)[nH]1. The number of hydrogen-bond donors (Lipinski definition) is 4. The van der Waals surface area contributed by atoms with Crippen molar-refractivity contribution in [3.8, 4) is 0 Å². The summed E-state index contributed by atoms with van der Waals surface area (Å²) in [5.74, 6) is 0.257. The summed E-state index contributed by atoms with van der Waals surface area (Å²) < 4.78 is 0. The van der Waals surface area contributed by atoms with Gasteiger partial charge in [0.25, 0.3) is 5.91 Å². The molecule has 0 saturated carbocycles. The Kier molecular flexibility index (Phi) is 3.40. The number of H-pyrrole nitrogens is 2. The Labute approximate surface area is 92.8 Å². The highest BCUT2D eigenvalue weighted by Gasteiger charge is 2.14. The summed E-state index contributed by atoms with van der Waals surface area (Å²) in [6.07, 6.45) is 3.68. The molecule has 0 spiro atoms. The van der Waals surface area contributed by atoms with Gasteiger partial charge in [-0.15, -0.1) is 0 Å². The van der Waals surface area contributed by atoms with Crippen LogP contribution >= 0.6 is 0 Å². The molecule has 2 rings (SSSR count). The van der Waals surface area contributed by atoms with Crippen molar-refractivity contribution in [2.75, 3.05) is 19.6 Å². The maximum Gasteiger partial charge on any atom is 0.323 e. The van der Waals surface area contributed by atoms with Crippen molar-refractivity contribution in [3.05, 3.63) is 22.4 Å². The standard InChI is InChI=1S/C10H16N4O2/c15-9(8-6-13-10(16)14-8)12-5-7-2-1-3-11-4-7/h6-7,11H,1-5H2,(H,12,15)(H2,13,14,16). The molecule has 6 heteroatoms. The van der Waals surface area contributed by atoms with E-state index in [1.165, 1.54) is 6.20 Å². The van der Waals surface area contributed by atoms with Gasteiger partial charge in [-0.05, 0) is 31.8 Å². The molecular weight excluding hydrogens is 208 g/mol. The van der Waals surface area contributed by atoms with Crippen molar-refractivity contribution in [2.24, 2.45) is 5.92 Å². The van der Waals surface area contributed by atoms with E-state index in [9.17, 15) is 9.59 Å². The molecule has 1 atom stereocenters. The molecule has 1 aliphatic heterocycles. The zero-order chi connectivity index (χ0) is 11.4. The van der Waals surface area contributed by atoms with Crippen LogP contribution in [0.2, 0.25) is 0 Å². The number of nitrogens with one attached hydrogen (secondary N) is 4. The zero-order valence-electron chi connectivity index (χ0n) is 9.01. The summed E-state index contributed by atoms with van der Waals surface area (Å²) in [6.45, 7) is 2.67. The van der Waals surface area contributed by atoms with E-state index in [0.29, 0.717) is 12.5 Å². The molecule has 16 heavy (non-hydrogen) atoms. The van der Waals surface area contributed by atoms with Crippen molar-refractivity contribution >= 4 is 5.91 Å². The molecule has 0 radical (unpaired) electrons. The van der Waals surface area contributed by atoms with Crippen LogP contribution < -0.4 is 16.3 Å². The Morgan fingerprint density at radius 1 is 1.56 bits per heavy atom. The van der Waals surface area contributed by atoms with Gasteiger partial charge >= 0.3 is 5.69 Å². The van der Waals surface area contributed by atoms with Gasteiger partial charge < -0.3 is 20.6 Å². The van der Waals surface area contributed by atoms with Gasteiger partial charge in [0.2, 0.25) is 0 Å². The van der Waals surface area contributed by atoms with Crippen LogP contribution in [0.3, 0.4) is 0 Å². The van der Waals surface area contributed by atoms with Crippen molar-refractivity contribution in [2.45, 2.75) is 12.8 Å². The zero-order valence-corrected chi connectivity index (χ0v) is 9.01. The molecular formula is C10H16N4O2. The second-order valence-corrected chi connectivity index (χ2v) is 4.08. The van der Waals surface area contributed by atoms with Gasteiger partial charge in [-0.2, -0.15) is 0 Å². The summed E-state index contributed by atoms with van der Waals surface area (Å²) in [5.41, 5.74) is -0.0711. The van der Waals surface area contributed by atoms with Gasteiger partial charge in [-0.25, -0.2) is 4.79 Å². The molecule has 4 N–H and O–H groups in total. The number of aromatic nitrogens is 2. The molecule has 1 fully saturated rings. The van der Waals surface area contributed by atoms with Crippen molar-refractivity contribution < 1.29 is 4.79 Å². The summed E-state index contributed by atoms with van der Waals surface area (Å²) in [4.78, 5) is 27.2. The molecule has 1 aromatic rings. The minimum absolute atomic E-state index is 0.232. The van der Waals surface area contributed by atoms with Crippen LogP contribution in [0, 0.1) is 5.92 Å². The highest BCUT2D eigenvalue weighted by molar-refractivity contribution is 5.91. The number of carbonyl (C=O) groups is 1. The number of carbonyl (C=O) groups excluding carboxylic acids is 1. The van der Waals surface area contributed by atoms with E-state index < -0.39 is 0 Å². The van der Waals surface area contributed by atoms with Crippen LogP contribution in [0.1, 0.15) is 23.3 Å². The first kappa shape index (κ1) is 10.9. The number of piperidine rings is 1. The van der Waals surface area contributed by atoms with Gasteiger partial charge in [0, 0.05) is 12.7 Å². The predicted molar refractivity (Wildman–Crippen MR) is 59.3 cm³/mol. The molecule has 1 saturated heterocycles. The van der Waals surface area contributed by atoms with Crippen LogP contribution in [-0.4, -0.2) is 35.5 Å². The van der Waals surface area contributed by atoms with E-state index >= 15 is 0 Å². The van der Waals surface area contributed by atoms with Gasteiger partial charge in [0.05, 0.1) is 0 Å². The number of amides is 1. The van der Waals surface area contributed by atoms with Crippen LogP contribution in [0.5, 0.6) is 0 Å². The molecule has 1 unspecified atom stereocenters. The van der Waals surface area contributed by atoms with E-state index in [-0.39, 0.29) is 17.3 Å². The number of rotatable bonds is 3. The second-order valence-electron chi connectivity index (χ2n) is 4.08. The fraction of sp³-hybridized carbons (Fsp3) is 0.600. The van der Waals surface area contributed by atoms with Crippen LogP contribution in [0.15, 0.2) is 11.0 Å². The van der Waals surface area contributed by atoms with Gasteiger partial charge in [0.15, 0.2) is 0 Å². The van der Waals surface area contributed by atoms with Crippen molar-refractivity contribution in [1.82, 2.24) is 20.6 Å². The Morgan fingerprint density at radius 3 is 3.06 bits per heavy atom. The molecule has 1 aliphatic rings. The van der Waals surface area contributed by atoms with Crippen LogP contribution in [-0.2, 0) is 0 Å². The first-order chi connectivity index (χ1) is 7.75. The molecule has 2 heterocycles. The fourth-order valence-corrected chi connectivity index (χ4v) is 1.88. The Morgan fingerprint density at radius 2 is 2.44 bits per heavy atom. The number of hydrogen-bond acceptors (Lipinski definition) is 3. The predicted octanol–water partition coefficient (Wildman–Crippen LogP) is -0.568. The average Bonchev–Trinajstić information content (AvgIpc) is 2.74. The van der Waals surface area contributed by atoms with Gasteiger partial charge in [0.1, 0.15) is 5.69 Å². The monoisotopic (exact) mass is 224 g/mol. The lowest BCUT2D eigenvalue weighted by molar-refractivity contribution is 0.0940. The minimum atomic E-state index is -0.357. The molecule has 6 nitrogen and oxygen atoms in total. The largest absolute Gasteiger partial charge is 0.350 e. The molecule has 0 aliphatic carbocycles. The first-order valence-corrected chi connectivity index (χ1v) is 5.52. The maximum atomic E-state index is 11.6. The summed E-state index contributed by atoms with van der Waals surface area (Å²) in [6, 6.07) is 0. The summed E-state index contributed by atoms with van der Waals surface area (Å²) in [5, 5.41) is 6.10. The maximum absolute atomic E-state index is 11.6. The van der Waals surface area contributed by atoms with E-state index in [1.807, 2.05) is 0 Å². The highest BCUT2D eigenvalue weighted by atomic mass is 16.2. The summed E-state index contributed by atoms with van der Waals surface area (Å²) >= 11 is 0. The van der Waals surface area contributed by atoms with Crippen LogP contribution in [0.4, 0.5) is 0 Å². The van der Waals surface area contributed by atoms with Gasteiger partial charge in [-0.3, -0.25) is 4.79 Å².